The van der Waals surface area contributed by atoms with Crippen molar-refractivity contribution in [2.45, 2.75) is 26.2 Å². The Labute approximate surface area is 139 Å². The van der Waals surface area contributed by atoms with E-state index in [2.05, 4.69) is 100 Å². The highest BCUT2D eigenvalue weighted by Crippen LogP contribution is 2.34. The van der Waals surface area contributed by atoms with Crippen LogP contribution in [0.3, 0.4) is 0 Å². The fraction of sp³-hybridized carbons (Fsp3) is 0.273. The van der Waals surface area contributed by atoms with Crippen LogP contribution in [0.25, 0.3) is 21.9 Å². The molecule has 0 bridgehead atoms. The number of fused-ring (bicyclic) bond motifs is 1. The topological polar surface area (TPSA) is 3.24 Å². The van der Waals surface area contributed by atoms with Crippen LogP contribution in [-0.4, -0.2) is 14.1 Å². The molecule has 0 aliphatic rings. The SMILES string of the molecule is CN(C)c1cccc2c(-c3ccc(C(C)(C)C)cc3)cccc12. The minimum absolute atomic E-state index is 0.190. The van der Waals surface area contributed by atoms with E-state index < -0.39 is 0 Å². The van der Waals surface area contributed by atoms with Crippen LogP contribution in [0.1, 0.15) is 26.3 Å². The Bertz CT molecular complexity index is 821. The molecule has 0 fully saturated rings. The van der Waals surface area contributed by atoms with Gasteiger partial charge in [0.05, 0.1) is 0 Å². The van der Waals surface area contributed by atoms with Crippen LogP contribution in [0.4, 0.5) is 5.69 Å². The number of hydrogen-bond acceptors (Lipinski definition) is 1. The molecule has 0 saturated carbocycles. The predicted molar refractivity (Wildman–Crippen MR) is 102 cm³/mol. The van der Waals surface area contributed by atoms with Crippen LogP contribution in [-0.2, 0) is 5.41 Å². The summed E-state index contributed by atoms with van der Waals surface area (Å²) in [4.78, 5) is 2.18. The van der Waals surface area contributed by atoms with Crippen LogP contribution in [0.15, 0.2) is 60.7 Å². The summed E-state index contributed by atoms with van der Waals surface area (Å²) < 4.78 is 0. The maximum Gasteiger partial charge on any atom is 0.0440 e. The van der Waals surface area contributed by atoms with Crippen LogP contribution >= 0.6 is 0 Å². The number of benzene rings is 3. The van der Waals surface area contributed by atoms with E-state index >= 15 is 0 Å². The monoisotopic (exact) mass is 303 g/mol. The average Bonchev–Trinajstić information content (AvgIpc) is 2.53. The quantitative estimate of drug-likeness (QED) is 0.572. The highest BCUT2D eigenvalue weighted by Gasteiger charge is 2.14. The van der Waals surface area contributed by atoms with Gasteiger partial charge in [-0.05, 0) is 33.6 Å². The van der Waals surface area contributed by atoms with E-state index in [1.54, 1.807) is 0 Å². The Morgan fingerprint density at radius 2 is 1.30 bits per heavy atom. The zero-order valence-electron chi connectivity index (χ0n) is 14.7. The first-order valence-corrected chi connectivity index (χ1v) is 8.18. The van der Waals surface area contributed by atoms with Crippen molar-refractivity contribution in [2.24, 2.45) is 0 Å². The van der Waals surface area contributed by atoms with Gasteiger partial charge in [0.1, 0.15) is 0 Å². The fourth-order valence-corrected chi connectivity index (χ4v) is 3.08. The summed E-state index contributed by atoms with van der Waals surface area (Å²) in [6.45, 7) is 6.76. The Morgan fingerprint density at radius 3 is 1.91 bits per heavy atom. The molecule has 118 valence electrons. The minimum atomic E-state index is 0.190. The van der Waals surface area contributed by atoms with Crippen LogP contribution < -0.4 is 4.90 Å². The van der Waals surface area contributed by atoms with Gasteiger partial charge in [0.2, 0.25) is 0 Å². The summed E-state index contributed by atoms with van der Waals surface area (Å²) >= 11 is 0. The van der Waals surface area contributed by atoms with Crippen molar-refractivity contribution >= 4 is 16.5 Å². The van der Waals surface area contributed by atoms with Crippen molar-refractivity contribution in [2.75, 3.05) is 19.0 Å². The van der Waals surface area contributed by atoms with Gasteiger partial charge in [-0.25, -0.2) is 0 Å². The number of nitrogens with zero attached hydrogens (tertiary/aromatic N) is 1. The zero-order chi connectivity index (χ0) is 16.6. The predicted octanol–water partition coefficient (Wildman–Crippen LogP) is 5.87. The Hall–Kier alpha value is -2.28. The van der Waals surface area contributed by atoms with Gasteiger partial charge in [0.25, 0.3) is 0 Å². The third-order valence-corrected chi connectivity index (χ3v) is 4.44. The summed E-state index contributed by atoms with van der Waals surface area (Å²) in [6.07, 6.45) is 0. The molecule has 3 rings (SSSR count). The van der Waals surface area contributed by atoms with Gasteiger partial charge in [-0.3, -0.25) is 0 Å². The first kappa shape index (κ1) is 15.6. The smallest absolute Gasteiger partial charge is 0.0440 e. The molecule has 0 N–H and O–H groups in total. The molecular weight excluding hydrogens is 278 g/mol. The molecule has 3 aromatic rings. The third kappa shape index (κ3) is 2.96. The molecule has 0 aromatic heterocycles. The molecule has 0 atom stereocenters. The van der Waals surface area contributed by atoms with Crippen molar-refractivity contribution in [1.29, 1.82) is 0 Å². The van der Waals surface area contributed by atoms with E-state index in [1.807, 2.05) is 0 Å². The normalized spacial score (nSPS) is 11.7. The molecule has 0 radical (unpaired) electrons. The summed E-state index contributed by atoms with van der Waals surface area (Å²) in [5.41, 5.74) is 5.40. The molecule has 0 spiro atoms. The molecule has 1 heteroatoms. The lowest BCUT2D eigenvalue weighted by atomic mass is 9.86. The molecule has 0 unspecified atom stereocenters. The van der Waals surface area contributed by atoms with Gasteiger partial charge in [-0.1, -0.05) is 75.4 Å². The lowest BCUT2D eigenvalue weighted by Crippen LogP contribution is -2.10. The van der Waals surface area contributed by atoms with Crippen molar-refractivity contribution < 1.29 is 0 Å². The molecule has 0 amide bonds. The summed E-state index contributed by atoms with van der Waals surface area (Å²) in [6, 6.07) is 22.1. The molecule has 0 aliphatic heterocycles. The maximum atomic E-state index is 2.25. The second-order valence-corrected chi connectivity index (χ2v) is 7.40. The molecule has 0 aliphatic carbocycles. The van der Waals surface area contributed by atoms with Gasteiger partial charge >= 0.3 is 0 Å². The second-order valence-electron chi connectivity index (χ2n) is 7.40. The highest BCUT2D eigenvalue weighted by atomic mass is 15.1. The largest absolute Gasteiger partial charge is 0.377 e. The van der Waals surface area contributed by atoms with Gasteiger partial charge in [-0.15, -0.1) is 0 Å². The zero-order valence-corrected chi connectivity index (χ0v) is 14.7. The van der Waals surface area contributed by atoms with Gasteiger partial charge in [0, 0.05) is 25.2 Å². The van der Waals surface area contributed by atoms with Crippen molar-refractivity contribution in [3.63, 3.8) is 0 Å². The van der Waals surface area contributed by atoms with Gasteiger partial charge in [0.15, 0.2) is 0 Å². The summed E-state index contributed by atoms with van der Waals surface area (Å²) in [5, 5.41) is 2.61. The minimum Gasteiger partial charge on any atom is -0.377 e. The molecule has 23 heavy (non-hydrogen) atoms. The molecule has 0 saturated heterocycles. The van der Waals surface area contributed by atoms with Gasteiger partial charge in [-0.2, -0.15) is 0 Å². The van der Waals surface area contributed by atoms with Crippen molar-refractivity contribution in [3.05, 3.63) is 66.2 Å². The second kappa shape index (κ2) is 5.73. The lowest BCUT2D eigenvalue weighted by Gasteiger charge is -2.20. The maximum absolute atomic E-state index is 2.25. The van der Waals surface area contributed by atoms with E-state index in [0.29, 0.717) is 0 Å². The van der Waals surface area contributed by atoms with Crippen molar-refractivity contribution in [1.82, 2.24) is 0 Å². The standard InChI is InChI=1S/C22H25N/c1-22(2,3)17-14-12-16(13-15-17)18-8-6-10-20-19(18)9-7-11-21(20)23(4)5/h6-15H,1-5H3. The van der Waals surface area contributed by atoms with Crippen LogP contribution in [0.2, 0.25) is 0 Å². The number of rotatable bonds is 2. The van der Waals surface area contributed by atoms with E-state index in [-0.39, 0.29) is 5.41 Å². The molecular formula is C22H25N. The fourth-order valence-electron chi connectivity index (χ4n) is 3.08. The number of hydrogen-bond donors (Lipinski definition) is 0. The van der Waals surface area contributed by atoms with E-state index in [1.165, 1.54) is 33.2 Å². The molecule has 1 nitrogen and oxygen atoms in total. The van der Waals surface area contributed by atoms with E-state index in [9.17, 15) is 0 Å². The van der Waals surface area contributed by atoms with Crippen LogP contribution in [0, 0.1) is 0 Å². The lowest BCUT2D eigenvalue weighted by molar-refractivity contribution is 0.590. The molecule has 3 aromatic carbocycles. The van der Waals surface area contributed by atoms with Crippen LogP contribution in [0.5, 0.6) is 0 Å². The Kier molecular flexibility index (Phi) is 3.89. The third-order valence-electron chi connectivity index (χ3n) is 4.44. The number of anilines is 1. The highest BCUT2D eigenvalue weighted by molar-refractivity contribution is 6.03. The first-order valence-electron chi connectivity index (χ1n) is 8.18. The summed E-state index contributed by atoms with van der Waals surface area (Å²) in [7, 11) is 4.19. The van der Waals surface area contributed by atoms with Crippen molar-refractivity contribution in [3.8, 4) is 11.1 Å². The summed E-state index contributed by atoms with van der Waals surface area (Å²) in [5.74, 6) is 0. The Balaban J connectivity index is 2.15. The van der Waals surface area contributed by atoms with Gasteiger partial charge < -0.3 is 4.90 Å². The van der Waals surface area contributed by atoms with E-state index in [0.717, 1.165) is 0 Å². The van der Waals surface area contributed by atoms with E-state index in [4.69, 9.17) is 0 Å². The first-order chi connectivity index (χ1) is 10.9. The average molecular weight is 303 g/mol. The molecule has 0 heterocycles. The Morgan fingerprint density at radius 1 is 0.696 bits per heavy atom.